The average molecular weight is 396 g/mol. The lowest BCUT2D eigenvalue weighted by Crippen LogP contribution is -2.43. The van der Waals surface area contributed by atoms with E-state index in [1.807, 2.05) is 41.9 Å². The van der Waals surface area contributed by atoms with E-state index in [2.05, 4.69) is 5.32 Å². The van der Waals surface area contributed by atoms with Crippen LogP contribution in [-0.4, -0.2) is 29.8 Å². The van der Waals surface area contributed by atoms with Crippen LogP contribution >= 0.6 is 22.7 Å². The van der Waals surface area contributed by atoms with Gasteiger partial charge in [0.05, 0.1) is 5.92 Å². The minimum atomic E-state index is -0.792. The summed E-state index contributed by atoms with van der Waals surface area (Å²) in [5, 5.41) is 6.54. The zero-order valence-electron chi connectivity index (χ0n) is 15.6. The molecule has 2 rings (SSSR count). The van der Waals surface area contributed by atoms with E-state index in [9.17, 15) is 9.59 Å². The Labute approximate surface area is 162 Å². The molecule has 7 heteroatoms. The first kappa shape index (κ1) is 20.5. The molecule has 5 nitrogen and oxygen atoms in total. The molecular weight excluding hydrogens is 370 g/mol. The van der Waals surface area contributed by atoms with E-state index in [1.54, 1.807) is 50.4 Å². The molecule has 0 bridgehead atoms. The van der Waals surface area contributed by atoms with Crippen LogP contribution in [0.2, 0.25) is 0 Å². The molecule has 0 fully saturated rings. The van der Waals surface area contributed by atoms with Crippen molar-refractivity contribution in [3.63, 3.8) is 0 Å². The molecule has 0 saturated carbocycles. The molecule has 0 aliphatic heterocycles. The Balaban J connectivity index is 2.01. The molecule has 1 N–H and O–H groups in total. The van der Waals surface area contributed by atoms with Crippen LogP contribution in [0.5, 0.6) is 0 Å². The third kappa shape index (κ3) is 5.85. The second-order valence-corrected chi connectivity index (χ2v) is 8.98. The number of nitrogens with one attached hydrogen (secondary N) is 1. The molecule has 2 atom stereocenters. The highest BCUT2D eigenvalue weighted by atomic mass is 32.1. The lowest BCUT2D eigenvalue weighted by Gasteiger charge is -2.25. The minimum Gasteiger partial charge on any atom is -0.460 e. The van der Waals surface area contributed by atoms with Gasteiger partial charge in [0.15, 0.2) is 0 Å². The average Bonchev–Trinajstić information content (AvgIpc) is 3.19. The number of rotatable bonds is 6. The van der Waals surface area contributed by atoms with Gasteiger partial charge in [0.1, 0.15) is 17.7 Å². The Kier molecular flexibility index (Phi) is 6.83. The normalized spacial score (nSPS) is 13.9. The Morgan fingerprint density at radius 2 is 1.58 bits per heavy atom. The number of hydrogen-bond donors (Lipinski definition) is 1. The second-order valence-electron chi connectivity index (χ2n) is 7.02. The number of thiophene rings is 2. The molecule has 0 saturated heterocycles. The van der Waals surface area contributed by atoms with Gasteiger partial charge < -0.3 is 14.8 Å². The third-order valence-corrected chi connectivity index (χ3v) is 5.47. The van der Waals surface area contributed by atoms with Crippen LogP contribution in [0.25, 0.3) is 0 Å². The Hall–Kier alpha value is -1.86. The summed E-state index contributed by atoms with van der Waals surface area (Å²) in [5.41, 5.74) is -0.621. The Morgan fingerprint density at radius 1 is 1.04 bits per heavy atom. The van der Waals surface area contributed by atoms with Gasteiger partial charge in [0.25, 0.3) is 0 Å². The van der Waals surface area contributed by atoms with Crippen LogP contribution in [0, 0.1) is 0 Å². The number of alkyl carbamates (subject to hydrolysis) is 1. The van der Waals surface area contributed by atoms with Crippen molar-refractivity contribution in [1.82, 2.24) is 5.32 Å². The molecule has 0 radical (unpaired) electrons. The highest BCUT2D eigenvalue weighted by Gasteiger charge is 2.29. The van der Waals surface area contributed by atoms with E-state index in [1.165, 1.54) is 0 Å². The molecule has 1 amide bonds. The van der Waals surface area contributed by atoms with Crippen LogP contribution in [0.1, 0.15) is 50.3 Å². The van der Waals surface area contributed by atoms with Crippen molar-refractivity contribution >= 4 is 34.7 Å². The van der Waals surface area contributed by atoms with Crippen molar-refractivity contribution in [2.75, 3.05) is 0 Å². The molecule has 2 heterocycles. The van der Waals surface area contributed by atoms with E-state index in [0.717, 1.165) is 9.75 Å². The van der Waals surface area contributed by atoms with Crippen LogP contribution < -0.4 is 5.32 Å². The van der Waals surface area contributed by atoms with Crippen molar-refractivity contribution in [3.05, 3.63) is 44.8 Å². The van der Waals surface area contributed by atoms with Crippen LogP contribution in [0.4, 0.5) is 4.79 Å². The maximum absolute atomic E-state index is 12.4. The molecule has 0 unspecified atom stereocenters. The fourth-order valence-corrected chi connectivity index (χ4v) is 4.38. The molecule has 26 heavy (non-hydrogen) atoms. The lowest BCUT2D eigenvalue weighted by atomic mass is 9.99. The fraction of sp³-hybridized carbons (Fsp3) is 0.474. The highest BCUT2D eigenvalue weighted by molar-refractivity contribution is 7.11. The van der Waals surface area contributed by atoms with Crippen molar-refractivity contribution in [1.29, 1.82) is 0 Å². The first-order valence-corrected chi connectivity index (χ1v) is 10.2. The Morgan fingerprint density at radius 3 is 2.00 bits per heavy atom. The van der Waals surface area contributed by atoms with Crippen LogP contribution in [0.15, 0.2) is 35.0 Å². The molecule has 2 aromatic rings. The summed E-state index contributed by atoms with van der Waals surface area (Å²) < 4.78 is 10.8. The van der Waals surface area contributed by atoms with Gasteiger partial charge in [-0.1, -0.05) is 12.1 Å². The summed E-state index contributed by atoms with van der Waals surface area (Å²) in [5.74, 6) is -0.505. The molecule has 0 aromatic carbocycles. The predicted octanol–water partition coefficient (Wildman–Crippen LogP) is 4.79. The summed E-state index contributed by atoms with van der Waals surface area (Å²) >= 11 is 3.27. The minimum absolute atomic E-state index is 0.0207. The molecule has 0 spiro atoms. The maximum atomic E-state index is 12.4. The van der Waals surface area contributed by atoms with E-state index >= 15 is 0 Å². The summed E-state index contributed by atoms with van der Waals surface area (Å²) in [6, 6.07) is 7.27. The van der Waals surface area contributed by atoms with Crippen molar-refractivity contribution in [2.24, 2.45) is 0 Å². The van der Waals surface area contributed by atoms with E-state index in [4.69, 9.17) is 9.47 Å². The zero-order chi connectivity index (χ0) is 19.3. The van der Waals surface area contributed by atoms with E-state index in [0.29, 0.717) is 0 Å². The van der Waals surface area contributed by atoms with Crippen molar-refractivity contribution in [3.8, 4) is 0 Å². The lowest BCUT2D eigenvalue weighted by molar-refractivity contribution is -0.150. The number of ether oxygens (including phenoxy) is 2. The standard InChI is InChI=1S/C19H25NO4S2/c1-12(20-18(22)24-19(3,4)5)17(21)23-13(2)16(14-8-6-10-25-14)15-9-7-11-26-15/h6-13,16H,1-5H3,(H,20,22)/t12-,13-/m0/s1. The first-order valence-electron chi connectivity index (χ1n) is 8.44. The van der Waals surface area contributed by atoms with Gasteiger partial charge in [-0.2, -0.15) is 0 Å². The van der Waals surface area contributed by atoms with Crippen molar-refractivity contribution < 1.29 is 19.1 Å². The van der Waals surface area contributed by atoms with Gasteiger partial charge in [-0.15, -0.1) is 22.7 Å². The summed E-state index contributed by atoms with van der Waals surface area (Å²) in [6.45, 7) is 8.77. The van der Waals surface area contributed by atoms with Crippen molar-refractivity contribution in [2.45, 2.75) is 58.3 Å². The highest BCUT2D eigenvalue weighted by Crippen LogP contribution is 2.35. The van der Waals surface area contributed by atoms with Crippen LogP contribution in [0.3, 0.4) is 0 Å². The summed E-state index contributed by atoms with van der Waals surface area (Å²) in [6.07, 6.45) is -0.995. The molecule has 0 aliphatic carbocycles. The van der Waals surface area contributed by atoms with Gasteiger partial charge in [0.2, 0.25) is 0 Å². The van der Waals surface area contributed by atoms with Gasteiger partial charge in [0, 0.05) is 9.75 Å². The molecule has 0 aliphatic rings. The number of carbonyl (C=O) groups is 2. The van der Waals surface area contributed by atoms with Gasteiger partial charge in [-0.25, -0.2) is 9.59 Å². The number of hydrogen-bond acceptors (Lipinski definition) is 6. The third-order valence-electron chi connectivity index (χ3n) is 3.56. The second kappa shape index (κ2) is 8.68. The summed E-state index contributed by atoms with van der Waals surface area (Å²) in [4.78, 5) is 26.5. The number of amides is 1. The monoisotopic (exact) mass is 395 g/mol. The maximum Gasteiger partial charge on any atom is 0.408 e. The number of carbonyl (C=O) groups excluding carboxylic acids is 2. The van der Waals surface area contributed by atoms with Gasteiger partial charge in [-0.3, -0.25) is 0 Å². The largest absolute Gasteiger partial charge is 0.460 e. The zero-order valence-corrected chi connectivity index (χ0v) is 17.3. The van der Waals surface area contributed by atoms with E-state index in [-0.39, 0.29) is 12.0 Å². The van der Waals surface area contributed by atoms with Crippen LogP contribution in [-0.2, 0) is 14.3 Å². The smallest absolute Gasteiger partial charge is 0.408 e. The van der Waals surface area contributed by atoms with Gasteiger partial charge >= 0.3 is 12.1 Å². The van der Waals surface area contributed by atoms with Gasteiger partial charge in [-0.05, 0) is 57.5 Å². The summed E-state index contributed by atoms with van der Waals surface area (Å²) in [7, 11) is 0. The topological polar surface area (TPSA) is 64.6 Å². The molecular formula is C19H25NO4S2. The first-order chi connectivity index (χ1) is 12.2. The quantitative estimate of drug-likeness (QED) is 0.715. The molecule has 2 aromatic heterocycles. The predicted molar refractivity (Wildman–Crippen MR) is 105 cm³/mol. The molecule has 142 valence electrons. The number of esters is 1. The Bertz CT molecular complexity index is 670. The SMILES string of the molecule is C[C@H](NC(=O)OC(C)(C)C)C(=O)O[C@@H](C)C(c1cccs1)c1cccs1. The fourth-order valence-electron chi connectivity index (χ4n) is 2.44. The van der Waals surface area contributed by atoms with E-state index < -0.39 is 23.7 Å².